The Morgan fingerprint density at radius 3 is 2.91 bits per heavy atom. The smallest absolute Gasteiger partial charge is 0.317 e. The van der Waals surface area contributed by atoms with E-state index in [9.17, 15) is 9.59 Å². The summed E-state index contributed by atoms with van der Waals surface area (Å²) in [6.07, 6.45) is 1.51. The first-order valence-corrected chi connectivity index (χ1v) is 8.44. The van der Waals surface area contributed by atoms with Crippen LogP contribution in [0, 0.1) is 11.3 Å². The molecule has 2 saturated heterocycles. The number of likely N-dealkylation sites (tertiary alicyclic amines) is 1. The maximum absolute atomic E-state index is 12.6. The van der Waals surface area contributed by atoms with Gasteiger partial charge in [0.25, 0.3) is 0 Å². The molecule has 7 nitrogen and oxygen atoms in total. The van der Waals surface area contributed by atoms with Crippen molar-refractivity contribution in [2.45, 2.75) is 38.3 Å². The predicted octanol–water partition coefficient (Wildman–Crippen LogP) is 0.348. The number of fused-ring (bicyclic) bond motifs is 1. The summed E-state index contributed by atoms with van der Waals surface area (Å²) in [5.41, 5.74) is -0.740. The first kappa shape index (κ1) is 16.5. The lowest BCUT2D eigenvalue weighted by Crippen LogP contribution is -2.50. The SMILES string of the molecule is CCO[C@@]1(C)C[C@H]1NC(=O)N1C[C@@H]2COCC[C@]2(C(=O)NC)C1. The second kappa shape index (κ2) is 5.94. The average Bonchev–Trinajstić information content (AvgIpc) is 3.00. The van der Waals surface area contributed by atoms with Crippen molar-refractivity contribution in [3.63, 3.8) is 0 Å². The van der Waals surface area contributed by atoms with Gasteiger partial charge in [-0.05, 0) is 20.3 Å². The van der Waals surface area contributed by atoms with E-state index in [0.717, 1.165) is 6.42 Å². The normalized spacial score (nSPS) is 38.8. The third-order valence-electron chi connectivity index (χ3n) is 5.63. The van der Waals surface area contributed by atoms with Crippen molar-refractivity contribution in [2.24, 2.45) is 11.3 Å². The fourth-order valence-electron chi connectivity index (χ4n) is 4.00. The van der Waals surface area contributed by atoms with Crippen LogP contribution < -0.4 is 10.6 Å². The van der Waals surface area contributed by atoms with Crippen LogP contribution in [0.2, 0.25) is 0 Å². The molecule has 7 heteroatoms. The molecule has 4 atom stereocenters. The third kappa shape index (κ3) is 2.80. The second-order valence-corrected chi connectivity index (χ2v) is 7.09. The maximum atomic E-state index is 12.6. The Balaban J connectivity index is 1.64. The maximum Gasteiger partial charge on any atom is 0.317 e. The van der Waals surface area contributed by atoms with Gasteiger partial charge in [0.1, 0.15) is 0 Å². The van der Waals surface area contributed by atoms with Crippen molar-refractivity contribution in [3.05, 3.63) is 0 Å². The lowest BCUT2D eigenvalue weighted by Gasteiger charge is -2.36. The lowest BCUT2D eigenvalue weighted by molar-refractivity contribution is -0.138. The van der Waals surface area contributed by atoms with Crippen LogP contribution in [0.1, 0.15) is 26.7 Å². The molecule has 2 heterocycles. The molecule has 3 fully saturated rings. The van der Waals surface area contributed by atoms with Gasteiger partial charge in [0.05, 0.1) is 23.7 Å². The molecule has 0 spiro atoms. The number of carbonyl (C=O) groups is 2. The van der Waals surface area contributed by atoms with E-state index in [4.69, 9.17) is 9.47 Å². The van der Waals surface area contributed by atoms with E-state index in [1.165, 1.54) is 0 Å². The Bertz CT molecular complexity index is 500. The lowest BCUT2D eigenvalue weighted by atomic mass is 9.73. The molecule has 130 valence electrons. The number of hydrogen-bond acceptors (Lipinski definition) is 4. The minimum absolute atomic E-state index is 0.0201. The molecule has 1 saturated carbocycles. The molecule has 1 aliphatic carbocycles. The zero-order valence-corrected chi connectivity index (χ0v) is 14.2. The highest BCUT2D eigenvalue weighted by atomic mass is 16.5. The van der Waals surface area contributed by atoms with Gasteiger partial charge < -0.3 is 25.0 Å². The number of amides is 3. The highest BCUT2D eigenvalue weighted by molar-refractivity contribution is 5.85. The molecule has 0 unspecified atom stereocenters. The highest BCUT2D eigenvalue weighted by Crippen LogP contribution is 2.43. The standard InChI is InChI=1S/C16H27N3O4/c1-4-23-15(2)7-12(15)18-14(21)19-8-11-9-22-6-5-16(11,10-19)13(20)17-3/h11-12H,4-10H2,1-3H3,(H,17,20)(H,18,21)/t11-,12-,15+,16+/m1/s1. The van der Waals surface area contributed by atoms with Crippen LogP contribution in [0.15, 0.2) is 0 Å². The fourth-order valence-corrected chi connectivity index (χ4v) is 4.00. The predicted molar refractivity (Wildman–Crippen MR) is 84.0 cm³/mol. The first-order chi connectivity index (χ1) is 10.9. The quantitative estimate of drug-likeness (QED) is 0.781. The zero-order valence-electron chi connectivity index (χ0n) is 14.2. The topological polar surface area (TPSA) is 79.9 Å². The zero-order chi connectivity index (χ0) is 16.7. The summed E-state index contributed by atoms with van der Waals surface area (Å²) in [5.74, 6) is 0.0890. The van der Waals surface area contributed by atoms with Crippen molar-refractivity contribution in [2.75, 3.05) is 40.0 Å². The van der Waals surface area contributed by atoms with Gasteiger partial charge in [-0.15, -0.1) is 0 Å². The van der Waals surface area contributed by atoms with Gasteiger partial charge in [0.2, 0.25) is 5.91 Å². The summed E-state index contributed by atoms with van der Waals surface area (Å²) >= 11 is 0. The Morgan fingerprint density at radius 2 is 2.22 bits per heavy atom. The molecule has 3 aliphatic rings. The van der Waals surface area contributed by atoms with Crippen molar-refractivity contribution >= 4 is 11.9 Å². The van der Waals surface area contributed by atoms with Gasteiger partial charge in [-0.3, -0.25) is 4.79 Å². The van der Waals surface area contributed by atoms with Crippen LogP contribution in [0.4, 0.5) is 4.79 Å². The Morgan fingerprint density at radius 1 is 1.43 bits per heavy atom. The van der Waals surface area contributed by atoms with Crippen molar-refractivity contribution < 1.29 is 19.1 Å². The minimum atomic E-state index is -0.503. The van der Waals surface area contributed by atoms with Crippen LogP contribution in [0.5, 0.6) is 0 Å². The number of urea groups is 1. The molecule has 23 heavy (non-hydrogen) atoms. The minimum Gasteiger partial charge on any atom is -0.381 e. The van der Waals surface area contributed by atoms with E-state index in [2.05, 4.69) is 10.6 Å². The Hall–Kier alpha value is -1.34. The van der Waals surface area contributed by atoms with Crippen LogP contribution in [0.3, 0.4) is 0 Å². The third-order valence-corrected chi connectivity index (χ3v) is 5.63. The molecule has 0 radical (unpaired) electrons. The molecular weight excluding hydrogens is 298 g/mol. The van der Waals surface area contributed by atoms with Gasteiger partial charge in [-0.1, -0.05) is 0 Å². The molecule has 0 aromatic carbocycles. The summed E-state index contributed by atoms with van der Waals surface area (Å²) in [5, 5.41) is 5.81. The largest absolute Gasteiger partial charge is 0.381 e. The number of nitrogens with zero attached hydrogens (tertiary/aromatic N) is 1. The van der Waals surface area contributed by atoms with Crippen molar-refractivity contribution in [3.8, 4) is 0 Å². The first-order valence-electron chi connectivity index (χ1n) is 8.44. The van der Waals surface area contributed by atoms with Crippen molar-refractivity contribution in [1.29, 1.82) is 0 Å². The van der Waals surface area contributed by atoms with Crippen LogP contribution in [0.25, 0.3) is 0 Å². The number of ether oxygens (including phenoxy) is 2. The second-order valence-electron chi connectivity index (χ2n) is 7.09. The van der Waals surface area contributed by atoms with Gasteiger partial charge in [-0.25, -0.2) is 4.79 Å². The van der Waals surface area contributed by atoms with E-state index in [-0.39, 0.29) is 29.5 Å². The molecular formula is C16H27N3O4. The van der Waals surface area contributed by atoms with E-state index >= 15 is 0 Å². The molecule has 3 amide bonds. The average molecular weight is 325 g/mol. The van der Waals surface area contributed by atoms with Crippen molar-refractivity contribution in [1.82, 2.24) is 15.5 Å². The Kier molecular flexibility index (Phi) is 4.27. The molecule has 0 bridgehead atoms. The van der Waals surface area contributed by atoms with Gasteiger partial charge in [0.15, 0.2) is 0 Å². The van der Waals surface area contributed by atoms with Crippen LogP contribution in [-0.4, -0.2) is 68.4 Å². The van der Waals surface area contributed by atoms with E-state index in [1.54, 1.807) is 11.9 Å². The molecule has 3 rings (SSSR count). The summed E-state index contributed by atoms with van der Waals surface area (Å²) < 4.78 is 11.2. The van der Waals surface area contributed by atoms with E-state index in [1.807, 2.05) is 13.8 Å². The van der Waals surface area contributed by atoms with E-state index < -0.39 is 5.41 Å². The monoisotopic (exact) mass is 325 g/mol. The van der Waals surface area contributed by atoms with Gasteiger partial charge >= 0.3 is 6.03 Å². The molecule has 2 aliphatic heterocycles. The van der Waals surface area contributed by atoms with E-state index in [0.29, 0.717) is 39.3 Å². The number of carbonyl (C=O) groups excluding carboxylic acids is 2. The molecule has 0 aromatic rings. The number of nitrogens with one attached hydrogen (secondary N) is 2. The summed E-state index contributed by atoms with van der Waals surface area (Å²) in [6, 6.07) is -0.0408. The highest BCUT2D eigenvalue weighted by Gasteiger charge is 2.56. The summed E-state index contributed by atoms with van der Waals surface area (Å²) in [7, 11) is 1.66. The molecule has 2 N–H and O–H groups in total. The van der Waals surface area contributed by atoms with Crippen LogP contribution >= 0.6 is 0 Å². The molecule has 0 aromatic heterocycles. The van der Waals surface area contributed by atoms with Crippen LogP contribution in [-0.2, 0) is 14.3 Å². The van der Waals surface area contributed by atoms with Gasteiger partial charge in [0, 0.05) is 45.7 Å². The summed E-state index contributed by atoms with van der Waals surface area (Å²) in [4.78, 5) is 26.8. The summed E-state index contributed by atoms with van der Waals surface area (Å²) in [6.45, 7) is 6.77. The van der Waals surface area contributed by atoms with Gasteiger partial charge in [-0.2, -0.15) is 0 Å². The number of rotatable bonds is 4. The Labute approximate surface area is 137 Å². The number of hydrogen-bond donors (Lipinski definition) is 2. The fraction of sp³-hybridized carbons (Fsp3) is 0.875.